The van der Waals surface area contributed by atoms with Crippen LogP contribution in [-0.2, 0) is 21.3 Å². The molecule has 21 heavy (non-hydrogen) atoms. The van der Waals surface area contributed by atoms with E-state index in [0.717, 1.165) is 11.1 Å². The third kappa shape index (κ3) is 4.16. The molecule has 2 aromatic carbocycles. The molecule has 0 saturated carbocycles. The van der Waals surface area contributed by atoms with Gasteiger partial charge >= 0.3 is 5.97 Å². The molecule has 0 spiro atoms. The molecule has 110 valence electrons. The first-order valence-corrected chi connectivity index (χ1v) is 8.12. The van der Waals surface area contributed by atoms with Crippen molar-refractivity contribution in [2.24, 2.45) is 0 Å². The minimum atomic E-state index is -1.17. The molecule has 0 aliphatic heterocycles. The molecular formula is C16H15ClO3S. The summed E-state index contributed by atoms with van der Waals surface area (Å²) in [6.07, 6.45) is 0. The van der Waals surface area contributed by atoms with Crippen molar-refractivity contribution in [3.05, 3.63) is 64.7 Å². The van der Waals surface area contributed by atoms with Crippen LogP contribution in [0.3, 0.4) is 0 Å². The van der Waals surface area contributed by atoms with Crippen LogP contribution in [0.4, 0.5) is 0 Å². The Morgan fingerprint density at radius 2 is 1.90 bits per heavy atom. The third-order valence-corrected chi connectivity index (χ3v) is 4.82. The topological polar surface area (TPSA) is 54.4 Å². The Bertz CT molecular complexity index is 667. The van der Waals surface area contributed by atoms with E-state index in [-0.39, 0.29) is 0 Å². The summed E-state index contributed by atoms with van der Waals surface area (Å²) in [6.45, 7) is 1.64. The number of benzene rings is 2. The van der Waals surface area contributed by atoms with Crippen molar-refractivity contribution in [1.82, 2.24) is 0 Å². The van der Waals surface area contributed by atoms with E-state index in [0.29, 0.717) is 15.7 Å². The Morgan fingerprint density at radius 1 is 1.24 bits per heavy atom. The van der Waals surface area contributed by atoms with Gasteiger partial charge in [-0.25, -0.2) is 0 Å². The van der Waals surface area contributed by atoms with E-state index in [9.17, 15) is 9.00 Å². The monoisotopic (exact) mass is 322 g/mol. The summed E-state index contributed by atoms with van der Waals surface area (Å²) in [5.41, 5.74) is 1.63. The van der Waals surface area contributed by atoms with Crippen LogP contribution in [0.1, 0.15) is 24.0 Å². The molecule has 0 aliphatic carbocycles. The highest BCUT2D eigenvalue weighted by Gasteiger charge is 2.13. The molecule has 2 unspecified atom stereocenters. The molecule has 0 saturated heterocycles. The Labute approximate surface area is 131 Å². The number of hydrogen-bond acceptors (Lipinski definition) is 2. The van der Waals surface area contributed by atoms with Crippen LogP contribution in [0.5, 0.6) is 0 Å². The molecule has 2 rings (SSSR count). The molecule has 0 aliphatic rings. The van der Waals surface area contributed by atoms with Crippen molar-refractivity contribution in [3.63, 3.8) is 0 Å². The molecule has 0 amide bonds. The first kappa shape index (κ1) is 15.7. The fourth-order valence-electron chi connectivity index (χ4n) is 1.89. The van der Waals surface area contributed by atoms with Gasteiger partial charge in [0.15, 0.2) is 0 Å². The fourth-order valence-corrected chi connectivity index (χ4v) is 3.29. The summed E-state index contributed by atoms with van der Waals surface area (Å²) in [5.74, 6) is -1.02. The predicted octanol–water partition coefficient (Wildman–Crippen LogP) is 3.84. The van der Waals surface area contributed by atoms with Crippen molar-refractivity contribution in [3.8, 4) is 0 Å². The zero-order valence-electron chi connectivity index (χ0n) is 11.5. The molecule has 2 aromatic rings. The molecule has 5 heteroatoms. The van der Waals surface area contributed by atoms with Crippen molar-refractivity contribution >= 4 is 28.4 Å². The van der Waals surface area contributed by atoms with Gasteiger partial charge < -0.3 is 5.11 Å². The molecule has 2 atom stereocenters. The number of carboxylic acid groups (broad SMARTS) is 1. The van der Waals surface area contributed by atoms with Gasteiger partial charge in [0.2, 0.25) is 0 Å². The predicted molar refractivity (Wildman–Crippen MR) is 84.1 cm³/mol. The minimum absolute atomic E-state index is 0.377. The Balaban J connectivity index is 2.10. The maximum absolute atomic E-state index is 12.3. The molecular weight excluding hydrogens is 308 g/mol. The van der Waals surface area contributed by atoms with Crippen molar-refractivity contribution < 1.29 is 14.1 Å². The van der Waals surface area contributed by atoms with Crippen molar-refractivity contribution in [2.45, 2.75) is 23.5 Å². The second kappa shape index (κ2) is 6.87. The number of rotatable bonds is 5. The van der Waals surface area contributed by atoms with E-state index in [1.165, 1.54) is 0 Å². The second-order valence-electron chi connectivity index (χ2n) is 4.75. The quantitative estimate of drug-likeness (QED) is 0.910. The molecule has 0 radical (unpaired) electrons. The Hall–Kier alpha value is -1.65. The summed E-state index contributed by atoms with van der Waals surface area (Å²) in [7, 11) is -1.17. The van der Waals surface area contributed by atoms with Crippen molar-refractivity contribution in [1.29, 1.82) is 0 Å². The Kier molecular flexibility index (Phi) is 5.15. The van der Waals surface area contributed by atoms with Gasteiger partial charge in [-0.2, -0.15) is 0 Å². The Morgan fingerprint density at radius 3 is 2.48 bits per heavy atom. The van der Waals surface area contributed by atoms with E-state index < -0.39 is 22.7 Å². The van der Waals surface area contributed by atoms with Gasteiger partial charge in [-0.3, -0.25) is 9.00 Å². The minimum Gasteiger partial charge on any atom is -0.481 e. The summed E-state index contributed by atoms with van der Waals surface area (Å²) < 4.78 is 12.3. The van der Waals surface area contributed by atoms with Crippen LogP contribution in [0.2, 0.25) is 5.02 Å². The lowest BCUT2D eigenvalue weighted by Gasteiger charge is -2.08. The van der Waals surface area contributed by atoms with Gasteiger partial charge in [0.05, 0.1) is 22.5 Å². The zero-order valence-corrected chi connectivity index (χ0v) is 13.0. The van der Waals surface area contributed by atoms with Crippen LogP contribution >= 0.6 is 11.6 Å². The lowest BCUT2D eigenvalue weighted by Crippen LogP contribution is -2.07. The highest BCUT2D eigenvalue weighted by Crippen LogP contribution is 2.19. The third-order valence-electron chi connectivity index (χ3n) is 3.21. The van der Waals surface area contributed by atoms with Gasteiger partial charge in [-0.1, -0.05) is 41.9 Å². The fraction of sp³-hybridized carbons (Fsp3) is 0.188. The first-order chi connectivity index (χ1) is 9.97. The van der Waals surface area contributed by atoms with Gasteiger partial charge in [-0.05, 0) is 36.2 Å². The highest BCUT2D eigenvalue weighted by molar-refractivity contribution is 7.84. The van der Waals surface area contributed by atoms with Crippen LogP contribution in [0, 0.1) is 0 Å². The van der Waals surface area contributed by atoms with Crippen LogP contribution in [-0.4, -0.2) is 15.3 Å². The summed E-state index contributed by atoms with van der Waals surface area (Å²) >= 11 is 5.89. The molecule has 0 aromatic heterocycles. The number of halogens is 1. The maximum atomic E-state index is 12.3. The lowest BCUT2D eigenvalue weighted by molar-refractivity contribution is -0.138. The highest BCUT2D eigenvalue weighted by atomic mass is 35.5. The molecule has 0 heterocycles. The van der Waals surface area contributed by atoms with Gasteiger partial charge in [0, 0.05) is 9.92 Å². The summed E-state index contributed by atoms with van der Waals surface area (Å²) in [5, 5.41) is 9.53. The van der Waals surface area contributed by atoms with Gasteiger partial charge in [0.25, 0.3) is 0 Å². The van der Waals surface area contributed by atoms with Crippen molar-refractivity contribution in [2.75, 3.05) is 0 Å². The van der Waals surface area contributed by atoms with Crippen LogP contribution in [0.15, 0.2) is 53.4 Å². The second-order valence-corrected chi connectivity index (χ2v) is 6.64. The number of hydrogen-bond donors (Lipinski definition) is 1. The smallest absolute Gasteiger partial charge is 0.310 e. The van der Waals surface area contributed by atoms with Gasteiger partial charge in [0.1, 0.15) is 0 Å². The average molecular weight is 323 g/mol. The van der Waals surface area contributed by atoms with E-state index in [1.807, 2.05) is 12.1 Å². The van der Waals surface area contributed by atoms with Crippen LogP contribution < -0.4 is 0 Å². The van der Waals surface area contributed by atoms with E-state index in [2.05, 4.69) is 0 Å². The zero-order chi connectivity index (χ0) is 15.4. The molecule has 1 N–H and O–H groups in total. The lowest BCUT2D eigenvalue weighted by atomic mass is 10.0. The SMILES string of the molecule is CC(C(=O)O)c1ccc(CS(=O)c2cccc(Cl)c2)cc1. The standard InChI is InChI=1S/C16H15ClO3S/c1-11(16(18)19)13-7-5-12(6-8-13)10-21(20)15-4-2-3-14(17)9-15/h2-9,11H,10H2,1H3,(H,18,19). The van der Waals surface area contributed by atoms with Gasteiger partial charge in [-0.15, -0.1) is 0 Å². The first-order valence-electron chi connectivity index (χ1n) is 6.43. The number of aliphatic carboxylic acids is 1. The van der Waals surface area contributed by atoms with E-state index in [4.69, 9.17) is 16.7 Å². The molecule has 0 fully saturated rings. The number of carbonyl (C=O) groups is 1. The average Bonchev–Trinajstić information content (AvgIpc) is 2.47. The van der Waals surface area contributed by atoms with Crippen LogP contribution in [0.25, 0.3) is 0 Å². The van der Waals surface area contributed by atoms with E-state index in [1.54, 1.807) is 43.3 Å². The summed E-state index contributed by atoms with van der Waals surface area (Å²) in [6, 6.07) is 14.2. The normalized spacial score (nSPS) is 13.6. The summed E-state index contributed by atoms with van der Waals surface area (Å²) in [4.78, 5) is 11.6. The maximum Gasteiger partial charge on any atom is 0.310 e. The molecule has 0 bridgehead atoms. The largest absolute Gasteiger partial charge is 0.481 e. The number of carboxylic acids is 1. The molecule has 3 nitrogen and oxygen atoms in total. The van der Waals surface area contributed by atoms with E-state index >= 15 is 0 Å².